The lowest BCUT2D eigenvalue weighted by atomic mass is 10.0. The predicted octanol–water partition coefficient (Wildman–Crippen LogP) is 5.66. The van der Waals surface area contributed by atoms with Gasteiger partial charge in [-0.2, -0.15) is 0 Å². The highest BCUT2D eigenvalue weighted by molar-refractivity contribution is 5.98. The van der Waals surface area contributed by atoms with Crippen molar-refractivity contribution in [3.05, 3.63) is 53.6 Å². The molecule has 0 unspecified atom stereocenters. The van der Waals surface area contributed by atoms with Crippen LogP contribution in [0, 0.1) is 0 Å². The lowest BCUT2D eigenvalue weighted by Crippen LogP contribution is -2.39. The summed E-state index contributed by atoms with van der Waals surface area (Å²) in [5, 5.41) is 0. The molecule has 2 aromatic rings. The van der Waals surface area contributed by atoms with E-state index in [1.54, 1.807) is 22.8 Å². The first-order chi connectivity index (χ1) is 18.1. The van der Waals surface area contributed by atoms with E-state index in [1.165, 1.54) is 0 Å². The third-order valence-electron chi connectivity index (χ3n) is 6.18. The number of carbonyl (C=O) groups is 3. The van der Waals surface area contributed by atoms with Crippen LogP contribution in [0.4, 0.5) is 10.5 Å². The number of ketones is 1. The first-order valence-electron chi connectivity index (χ1n) is 13.4. The van der Waals surface area contributed by atoms with Crippen LogP contribution in [0.3, 0.4) is 0 Å². The zero-order chi connectivity index (χ0) is 27.7. The summed E-state index contributed by atoms with van der Waals surface area (Å²) < 4.78 is 17.1. The number of nitrogens with zero attached hydrogens (tertiary/aromatic N) is 2. The molecular weight excluding hydrogens is 484 g/mol. The van der Waals surface area contributed by atoms with Crippen molar-refractivity contribution in [3.63, 3.8) is 0 Å². The summed E-state index contributed by atoms with van der Waals surface area (Å²) in [5.74, 6) is 1.37. The van der Waals surface area contributed by atoms with E-state index in [0.29, 0.717) is 62.6 Å². The summed E-state index contributed by atoms with van der Waals surface area (Å²) >= 11 is 0. The van der Waals surface area contributed by atoms with Crippen LogP contribution in [-0.4, -0.2) is 61.1 Å². The molecule has 3 rings (SSSR count). The van der Waals surface area contributed by atoms with Gasteiger partial charge in [-0.1, -0.05) is 12.1 Å². The molecule has 1 aliphatic heterocycles. The van der Waals surface area contributed by atoms with Gasteiger partial charge in [0.1, 0.15) is 12.2 Å². The molecule has 8 nitrogen and oxygen atoms in total. The first-order valence-corrected chi connectivity index (χ1v) is 13.4. The normalized spacial score (nSPS) is 12.6. The Hall–Kier alpha value is -3.55. The number of amides is 2. The molecule has 206 valence electrons. The Labute approximate surface area is 225 Å². The average molecular weight is 525 g/mol. The summed E-state index contributed by atoms with van der Waals surface area (Å²) in [5.41, 5.74) is 1.99. The molecule has 0 fully saturated rings. The van der Waals surface area contributed by atoms with Crippen LogP contribution in [0.1, 0.15) is 69.8 Å². The number of para-hydroxylation sites is 2. The number of anilines is 1. The number of Topliss-reactive ketones (excluding diaryl/α,β-unsaturated/α-hetero) is 1. The highest BCUT2D eigenvalue weighted by Gasteiger charge is 2.24. The fourth-order valence-corrected chi connectivity index (χ4v) is 4.37. The SMILES string of the molecule is CCOc1ccccc1OCCN(CCCCC(=O)c1ccc2c(c1)CCN2C(C)=O)C(=O)OC(C)(C)C. The lowest BCUT2D eigenvalue weighted by Gasteiger charge is -2.27. The second-order valence-corrected chi connectivity index (χ2v) is 10.3. The molecule has 0 aliphatic carbocycles. The van der Waals surface area contributed by atoms with E-state index in [4.69, 9.17) is 14.2 Å². The van der Waals surface area contributed by atoms with E-state index in [0.717, 1.165) is 17.7 Å². The maximum absolute atomic E-state index is 12.8. The van der Waals surface area contributed by atoms with Gasteiger partial charge in [-0.05, 0) is 82.9 Å². The van der Waals surface area contributed by atoms with Gasteiger partial charge < -0.3 is 24.0 Å². The Morgan fingerprint density at radius 2 is 1.68 bits per heavy atom. The fourth-order valence-electron chi connectivity index (χ4n) is 4.37. The molecule has 0 bridgehead atoms. The zero-order valence-electron chi connectivity index (χ0n) is 23.2. The Morgan fingerprint density at radius 1 is 0.974 bits per heavy atom. The monoisotopic (exact) mass is 524 g/mol. The highest BCUT2D eigenvalue weighted by atomic mass is 16.6. The molecule has 2 aromatic carbocycles. The first kappa shape index (κ1) is 29.0. The molecule has 0 spiro atoms. The third kappa shape index (κ3) is 8.23. The Balaban J connectivity index is 1.52. The van der Waals surface area contributed by atoms with Gasteiger partial charge in [0, 0.05) is 37.7 Å². The van der Waals surface area contributed by atoms with Crippen molar-refractivity contribution >= 4 is 23.5 Å². The van der Waals surface area contributed by atoms with Gasteiger partial charge in [-0.15, -0.1) is 0 Å². The lowest BCUT2D eigenvalue weighted by molar-refractivity contribution is -0.116. The van der Waals surface area contributed by atoms with Crippen LogP contribution in [0.15, 0.2) is 42.5 Å². The third-order valence-corrected chi connectivity index (χ3v) is 6.18. The smallest absolute Gasteiger partial charge is 0.410 e. The Morgan fingerprint density at radius 3 is 2.34 bits per heavy atom. The standard InChI is InChI=1S/C30H40N2O6/c1-6-36-27-12-7-8-13-28(27)37-20-19-31(29(35)38-30(3,4)5)17-10-9-11-26(34)24-14-15-25-23(21-24)16-18-32(25)22(2)33/h7-8,12-15,21H,6,9-11,16-20H2,1-5H3. The van der Waals surface area contributed by atoms with Crippen molar-refractivity contribution in [1.82, 2.24) is 4.90 Å². The summed E-state index contributed by atoms with van der Waals surface area (Å²) in [6.45, 7) is 11.3. The van der Waals surface area contributed by atoms with Crippen LogP contribution in [-0.2, 0) is 16.0 Å². The molecule has 0 aromatic heterocycles. The Bertz CT molecular complexity index is 1120. The summed E-state index contributed by atoms with van der Waals surface area (Å²) in [6.07, 6.45) is 2.04. The van der Waals surface area contributed by atoms with E-state index in [1.807, 2.05) is 64.1 Å². The molecule has 8 heteroatoms. The maximum atomic E-state index is 12.8. The van der Waals surface area contributed by atoms with E-state index >= 15 is 0 Å². The quantitative estimate of drug-likeness (QED) is 0.263. The van der Waals surface area contributed by atoms with Crippen molar-refractivity contribution in [2.45, 2.75) is 65.9 Å². The summed E-state index contributed by atoms with van der Waals surface area (Å²) in [7, 11) is 0. The second-order valence-electron chi connectivity index (χ2n) is 10.3. The van der Waals surface area contributed by atoms with E-state index < -0.39 is 11.7 Å². The number of benzene rings is 2. The van der Waals surface area contributed by atoms with Crippen LogP contribution in [0.25, 0.3) is 0 Å². The van der Waals surface area contributed by atoms with E-state index in [-0.39, 0.29) is 18.3 Å². The molecule has 38 heavy (non-hydrogen) atoms. The number of fused-ring (bicyclic) bond motifs is 1. The van der Waals surface area contributed by atoms with Crippen LogP contribution in [0.5, 0.6) is 11.5 Å². The summed E-state index contributed by atoms with van der Waals surface area (Å²) in [4.78, 5) is 40.8. The van der Waals surface area contributed by atoms with Gasteiger partial charge >= 0.3 is 6.09 Å². The number of carbonyl (C=O) groups excluding carboxylic acids is 3. The number of unbranched alkanes of at least 4 members (excludes halogenated alkanes) is 1. The minimum absolute atomic E-state index is 0.0151. The molecule has 0 saturated carbocycles. The van der Waals surface area contributed by atoms with E-state index in [2.05, 4.69) is 0 Å². The minimum Gasteiger partial charge on any atom is -0.490 e. The molecule has 1 aliphatic rings. The molecular formula is C30H40N2O6. The zero-order valence-corrected chi connectivity index (χ0v) is 23.2. The molecule has 0 radical (unpaired) electrons. The highest BCUT2D eigenvalue weighted by Crippen LogP contribution is 2.29. The number of ether oxygens (including phenoxy) is 3. The van der Waals surface area contributed by atoms with E-state index in [9.17, 15) is 14.4 Å². The predicted molar refractivity (Wildman–Crippen MR) is 147 cm³/mol. The molecule has 0 saturated heterocycles. The number of hydrogen-bond donors (Lipinski definition) is 0. The van der Waals surface area contributed by atoms with Crippen molar-refractivity contribution in [1.29, 1.82) is 0 Å². The molecule has 0 atom stereocenters. The largest absolute Gasteiger partial charge is 0.490 e. The topological polar surface area (TPSA) is 85.4 Å². The maximum Gasteiger partial charge on any atom is 0.410 e. The van der Waals surface area contributed by atoms with Gasteiger partial charge in [-0.25, -0.2) is 4.79 Å². The van der Waals surface area contributed by atoms with Crippen molar-refractivity contribution in [2.75, 3.05) is 37.7 Å². The molecule has 2 amide bonds. The molecule has 0 N–H and O–H groups in total. The van der Waals surface area contributed by atoms with Gasteiger partial charge in [0.05, 0.1) is 13.2 Å². The number of rotatable bonds is 12. The van der Waals surface area contributed by atoms with Crippen molar-refractivity contribution in [3.8, 4) is 11.5 Å². The van der Waals surface area contributed by atoms with Gasteiger partial charge in [0.2, 0.25) is 5.91 Å². The van der Waals surface area contributed by atoms with Gasteiger partial charge in [-0.3, -0.25) is 9.59 Å². The van der Waals surface area contributed by atoms with Crippen LogP contribution < -0.4 is 14.4 Å². The van der Waals surface area contributed by atoms with Crippen LogP contribution >= 0.6 is 0 Å². The van der Waals surface area contributed by atoms with Gasteiger partial charge in [0.15, 0.2) is 17.3 Å². The fraction of sp³-hybridized carbons (Fsp3) is 0.500. The van der Waals surface area contributed by atoms with Gasteiger partial charge in [0.25, 0.3) is 0 Å². The summed E-state index contributed by atoms with van der Waals surface area (Å²) in [6, 6.07) is 13.0. The molecule has 1 heterocycles. The number of hydrogen-bond acceptors (Lipinski definition) is 6. The Kier molecular flexibility index (Phi) is 10.2. The second kappa shape index (κ2) is 13.3. The minimum atomic E-state index is -0.612. The van der Waals surface area contributed by atoms with Crippen LogP contribution in [0.2, 0.25) is 0 Å². The van der Waals surface area contributed by atoms with Crippen molar-refractivity contribution in [2.24, 2.45) is 0 Å². The average Bonchev–Trinajstić information content (AvgIpc) is 3.29. The van der Waals surface area contributed by atoms with Crippen molar-refractivity contribution < 1.29 is 28.6 Å².